The zero-order valence-electron chi connectivity index (χ0n) is 13.8. The highest BCUT2D eigenvalue weighted by Gasteiger charge is 2.23. The largest absolute Gasteiger partial charge is 0.381 e. The Balaban J connectivity index is 0.00000220. The summed E-state index contributed by atoms with van der Waals surface area (Å²) in [6.45, 7) is 6.33. The van der Waals surface area contributed by atoms with Crippen LogP contribution in [0.15, 0.2) is 4.99 Å². The maximum atomic E-state index is 5.45. The van der Waals surface area contributed by atoms with Crippen LogP contribution in [0.2, 0.25) is 0 Å². The molecule has 0 radical (unpaired) electrons. The quantitative estimate of drug-likeness (QED) is 0.441. The summed E-state index contributed by atoms with van der Waals surface area (Å²) in [6, 6.07) is 0. The molecule has 0 spiro atoms. The maximum absolute atomic E-state index is 5.45. The Kier molecular flexibility index (Phi) is 8.94. The molecule has 1 saturated heterocycles. The predicted molar refractivity (Wildman–Crippen MR) is 99.5 cm³/mol. The number of nitrogens with zero attached hydrogens (tertiary/aromatic N) is 2. The van der Waals surface area contributed by atoms with Crippen molar-refractivity contribution in [2.75, 3.05) is 40.4 Å². The van der Waals surface area contributed by atoms with Crippen molar-refractivity contribution in [2.24, 2.45) is 22.7 Å². The van der Waals surface area contributed by atoms with Gasteiger partial charge in [-0.2, -0.15) is 0 Å². The minimum atomic E-state index is 0. The van der Waals surface area contributed by atoms with Crippen LogP contribution in [0.5, 0.6) is 0 Å². The molecule has 1 aliphatic carbocycles. The lowest BCUT2D eigenvalue weighted by molar-refractivity contribution is 0.181. The average Bonchev–Trinajstić information content (AvgIpc) is 2.94. The van der Waals surface area contributed by atoms with Crippen molar-refractivity contribution >= 4 is 29.9 Å². The Hall–Kier alpha value is -0.0400. The maximum Gasteiger partial charge on any atom is 0.193 e. The highest BCUT2D eigenvalue weighted by Crippen LogP contribution is 2.28. The monoisotopic (exact) mass is 409 g/mol. The summed E-state index contributed by atoms with van der Waals surface area (Å²) < 4.78 is 5.45. The summed E-state index contributed by atoms with van der Waals surface area (Å²) in [5, 5.41) is 3.58. The van der Waals surface area contributed by atoms with Gasteiger partial charge in [-0.15, -0.1) is 24.0 Å². The molecule has 124 valence electrons. The Morgan fingerprint density at radius 1 is 1.29 bits per heavy atom. The SMILES string of the molecule is CN=C(NCC1CCCCC1C)N(C)CC1CCOC1.I. The first-order chi connectivity index (χ1) is 9.70. The molecule has 21 heavy (non-hydrogen) atoms. The van der Waals surface area contributed by atoms with Gasteiger partial charge < -0.3 is 15.0 Å². The number of hydrogen-bond donors (Lipinski definition) is 1. The topological polar surface area (TPSA) is 36.9 Å². The lowest BCUT2D eigenvalue weighted by atomic mass is 9.80. The molecule has 1 saturated carbocycles. The zero-order valence-corrected chi connectivity index (χ0v) is 16.1. The van der Waals surface area contributed by atoms with Crippen LogP contribution >= 0.6 is 24.0 Å². The first kappa shape index (κ1) is 19.0. The van der Waals surface area contributed by atoms with Crippen LogP contribution in [0.25, 0.3) is 0 Å². The normalized spacial score (nSPS) is 29.9. The Labute approximate surface area is 147 Å². The third kappa shape index (κ3) is 5.93. The van der Waals surface area contributed by atoms with E-state index in [0.29, 0.717) is 5.92 Å². The molecule has 0 amide bonds. The Morgan fingerprint density at radius 3 is 2.67 bits per heavy atom. The molecule has 5 heteroatoms. The first-order valence-corrected chi connectivity index (χ1v) is 8.20. The second kappa shape index (κ2) is 9.87. The van der Waals surface area contributed by atoms with Gasteiger partial charge in [0.15, 0.2) is 5.96 Å². The molecule has 1 aliphatic heterocycles. The summed E-state index contributed by atoms with van der Waals surface area (Å²) in [6.07, 6.45) is 6.74. The third-order valence-corrected chi connectivity index (χ3v) is 4.94. The predicted octanol–water partition coefficient (Wildman–Crippen LogP) is 2.97. The van der Waals surface area contributed by atoms with Crippen LogP contribution in [0.4, 0.5) is 0 Å². The molecular formula is C16H32IN3O. The van der Waals surface area contributed by atoms with Crippen LogP contribution in [0.1, 0.15) is 39.0 Å². The van der Waals surface area contributed by atoms with Crippen molar-refractivity contribution in [3.63, 3.8) is 0 Å². The van der Waals surface area contributed by atoms with Crippen LogP contribution in [-0.4, -0.2) is 51.3 Å². The van der Waals surface area contributed by atoms with Gasteiger partial charge in [-0.3, -0.25) is 4.99 Å². The standard InChI is InChI=1S/C16H31N3O.HI/c1-13-6-4-5-7-15(13)10-18-16(17-2)19(3)11-14-8-9-20-12-14;/h13-15H,4-12H2,1-3H3,(H,17,18);1H. The van der Waals surface area contributed by atoms with Gasteiger partial charge in [-0.05, 0) is 24.7 Å². The zero-order chi connectivity index (χ0) is 14.4. The van der Waals surface area contributed by atoms with Gasteiger partial charge in [0.25, 0.3) is 0 Å². The first-order valence-electron chi connectivity index (χ1n) is 8.20. The van der Waals surface area contributed by atoms with Crippen LogP contribution in [0, 0.1) is 17.8 Å². The fraction of sp³-hybridized carbons (Fsp3) is 0.938. The number of aliphatic imine (C=N–C) groups is 1. The van der Waals surface area contributed by atoms with Crippen molar-refractivity contribution in [2.45, 2.75) is 39.0 Å². The van der Waals surface area contributed by atoms with Crippen LogP contribution in [-0.2, 0) is 4.74 Å². The second-order valence-corrected chi connectivity index (χ2v) is 6.56. The van der Waals surface area contributed by atoms with E-state index >= 15 is 0 Å². The molecule has 0 aromatic carbocycles. The number of hydrogen-bond acceptors (Lipinski definition) is 2. The lowest BCUT2D eigenvalue weighted by Crippen LogP contribution is -2.44. The van der Waals surface area contributed by atoms with E-state index in [-0.39, 0.29) is 24.0 Å². The van der Waals surface area contributed by atoms with E-state index in [9.17, 15) is 0 Å². The van der Waals surface area contributed by atoms with Crippen LogP contribution < -0.4 is 5.32 Å². The Bertz CT molecular complexity index is 319. The molecule has 4 nitrogen and oxygen atoms in total. The van der Waals surface area contributed by atoms with Gasteiger partial charge >= 0.3 is 0 Å². The highest BCUT2D eigenvalue weighted by atomic mass is 127. The fourth-order valence-corrected chi connectivity index (χ4v) is 3.50. The van der Waals surface area contributed by atoms with E-state index in [2.05, 4.69) is 29.2 Å². The minimum Gasteiger partial charge on any atom is -0.381 e. The summed E-state index contributed by atoms with van der Waals surface area (Å²) in [5.41, 5.74) is 0. The average molecular weight is 409 g/mol. The second-order valence-electron chi connectivity index (χ2n) is 6.56. The van der Waals surface area contributed by atoms with Gasteiger partial charge in [0, 0.05) is 39.7 Å². The smallest absolute Gasteiger partial charge is 0.193 e. The molecule has 0 aromatic heterocycles. The van der Waals surface area contributed by atoms with Gasteiger partial charge in [0.1, 0.15) is 0 Å². The van der Waals surface area contributed by atoms with Crippen LogP contribution in [0.3, 0.4) is 0 Å². The number of ether oxygens (including phenoxy) is 1. The van der Waals surface area contributed by atoms with Gasteiger partial charge in [0.2, 0.25) is 0 Å². The van der Waals surface area contributed by atoms with Crippen molar-refractivity contribution in [3.8, 4) is 0 Å². The van der Waals surface area contributed by atoms with Crippen molar-refractivity contribution < 1.29 is 4.74 Å². The summed E-state index contributed by atoms with van der Waals surface area (Å²) in [4.78, 5) is 6.69. The van der Waals surface area contributed by atoms with Gasteiger partial charge in [-0.1, -0.05) is 26.2 Å². The molecule has 2 fully saturated rings. The Morgan fingerprint density at radius 2 is 2.05 bits per heavy atom. The van der Waals surface area contributed by atoms with E-state index in [4.69, 9.17) is 4.74 Å². The lowest BCUT2D eigenvalue weighted by Gasteiger charge is -2.31. The van der Waals surface area contributed by atoms with E-state index in [1.807, 2.05) is 7.05 Å². The third-order valence-electron chi connectivity index (χ3n) is 4.94. The number of guanidine groups is 1. The van der Waals surface area contributed by atoms with E-state index < -0.39 is 0 Å². The van der Waals surface area contributed by atoms with Crippen molar-refractivity contribution in [1.29, 1.82) is 0 Å². The van der Waals surface area contributed by atoms with Gasteiger partial charge in [0.05, 0.1) is 6.61 Å². The summed E-state index contributed by atoms with van der Waals surface area (Å²) >= 11 is 0. The molecule has 2 aliphatic rings. The number of nitrogens with one attached hydrogen (secondary N) is 1. The molecule has 2 rings (SSSR count). The molecule has 1 N–H and O–H groups in total. The molecule has 3 atom stereocenters. The molecule has 3 unspecified atom stereocenters. The molecule has 0 aromatic rings. The minimum absolute atomic E-state index is 0. The summed E-state index contributed by atoms with van der Waals surface area (Å²) in [5.74, 6) is 3.36. The highest BCUT2D eigenvalue weighted by molar-refractivity contribution is 14.0. The fourth-order valence-electron chi connectivity index (χ4n) is 3.50. The van der Waals surface area contributed by atoms with E-state index in [0.717, 1.165) is 44.1 Å². The molecular weight excluding hydrogens is 377 g/mol. The van der Waals surface area contributed by atoms with Gasteiger partial charge in [-0.25, -0.2) is 0 Å². The number of halogens is 1. The number of rotatable bonds is 4. The molecule has 1 heterocycles. The van der Waals surface area contributed by atoms with E-state index in [1.165, 1.54) is 32.1 Å². The summed E-state index contributed by atoms with van der Waals surface area (Å²) in [7, 11) is 4.02. The van der Waals surface area contributed by atoms with Crippen molar-refractivity contribution in [1.82, 2.24) is 10.2 Å². The van der Waals surface area contributed by atoms with E-state index in [1.54, 1.807) is 0 Å². The van der Waals surface area contributed by atoms with Crippen molar-refractivity contribution in [3.05, 3.63) is 0 Å². The molecule has 0 bridgehead atoms.